The summed E-state index contributed by atoms with van der Waals surface area (Å²) < 4.78 is 12.8. The molecule has 4 nitrogen and oxygen atoms in total. The number of benzene rings is 1. The second-order valence-electron chi connectivity index (χ2n) is 5.75. The molecule has 1 N–H and O–H groups in total. The fourth-order valence-corrected chi connectivity index (χ4v) is 2.67. The molecule has 22 heavy (non-hydrogen) atoms. The smallest absolute Gasteiger partial charge is 0.221 e. The quantitative estimate of drug-likeness (QED) is 0.829. The Bertz CT molecular complexity index is 455. The van der Waals surface area contributed by atoms with Gasteiger partial charge in [0.1, 0.15) is 5.82 Å². The lowest BCUT2D eigenvalue weighted by Gasteiger charge is -2.33. The van der Waals surface area contributed by atoms with Crippen LogP contribution in [0, 0.1) is 5.82 Å². The van der Waals surface area contributed by atoms with Crippen LogP contribution in [-0.2, 0) is 11.2 Å². The maximum atomic E-state index is 12.8. The Morgan fingerprint density at radius 2 is 1.77 bits per heavy atom. The number of nitrogens with zero attached hydrogens (tertiary/aromatic N) is 2. The summed E-state index contributed by atoms with van der Waals surface area (Å²) >= 11 is 0. The first-order valence-electron chi connectivity index (χ1n) is 8.13. The summed E-state index contributed by atoms with van der Waals surface area (Å²) in [6.45, 7) is 9.04. The van der Waals surface area contributed by atoms with Gasteiger partial charge in [-0.3, -0.25) is 4.79 Å². The summed E-state index contributed by atoms with van der Waals surface area (Å²) in [4.78, 5) is 16.6. The molecule has 0 saturated carbocycles. The van der Waals surface area contributed by atoms with E-state index in [4.69, 9.17) is 0 Å². The maximum Gasteiger partial charge on any atom is 0.221 e. The molecule has 2 rings (SSSR count). The van der Waals surface area contributed by atoms with Gasteiger partial charge in [0, 0.05) is 45.7 Å². The standard InChI is InChI=1S/C17H26FN3O/c1-2-20-11-13-21(14-12-20)10-8-17(22)19-9-7-15-3-5-16(18)6-4-15/h3-6H,2,7-14H2,1H3,(H,19,22). The van der Waals surface area contributed by atoms with Gasteiger partial charge in [-0.15, -0.1) is 0 Å². The SMILES string of the molecule is CCN1CCN(CCC(=O)NCCc2ccc(F)cc2)CC1. The van der Waals surface area contributed by atoms with E-state index in [0.717, 1.165) is 51.3 Å². The van der Waals surface area contributed by atoms with Crippen LogP contribution in [0.5, 0.6) is 0 Å². The van der Waals surface area contributed by atoms with Crippen LogP contribution in [0.2, 0.25) is 0 Å². The van der Waals surface area contributed by atoms with Crippen LogP contribution in [0.1, 0.15) is 18.9 Å². The lowest BCUT2D eigenvalue weighted by molar-refractivity contribution is -0.121. The zero-order valence-electron chi connectivity index (χ0n) is 13.4. The number of hydrogen-bond acceptors (Lipinski definition) is 3. The first-order valence-corrected chi connectivity index (χ1v) is 8.13. The average Bonchev–Trinajstić information content (AvgIpc) is 2.55. The van der Waals surface area contributed by atoms with Crippen LogP contribution in [0.15, 0.2) is 24.3 Å². The van der Waals surface area contributed by atoms with Gasteiger partial charge in [0.05, 0.1) is 0 Å². The molecule has 0 bridgehead atoms. The van der Waals surface area contributed by atoms with Crippen molar-refractivity contribution in [3.8, 4) is 0 Å². The first kappa shape index (κ1) is 16.9. The Morgan fingerprint density at radius 3 is 2.41 bits per heavy atom. The summed E-state index contributed by atoms with van der Waals surface area (Å²) in [5, 5.41) is 2.94. The predicted octanol–water partition coefficient (Wildman–Crippen LogP) is 1.51. The zero-order chi connectivity index (χ0) is 15.8. The molecule has 0 aromatic heterocycles. The van der Waals surface area contributed by atoms with Crippen LogP contribution in [-0.4, -0.2) is 61.5 Å². The van der Waals surface area contributed by atoms with E-state index in [1.165, 1.54) is 12.1 Å². The van der Waals surface area contributed by atoms with Gasteiger partial charge in [-0.2, -0.15) is 0 Å². The van der Waals surface area contributed by atoms with Gasteiger partial charge >= 0.3 is 0 Å². The highest BCUT2D eigenvalue weighted by atomic mass is 19.1. The van der Waals surface area contributed by atoms with Crippen LogP contribution < -0.4 is 5.32 Å². The van der Waals surface area contributed by atoms with Crippen molar-refractivity contribution >= 4 is 5.91 Å². The lowest BCUT2D eigenvalue weighted by atomic mass is 10.1. The number of hydrogen-bond donors (Lipinski definition) is 1. The molecule has 1 aliphatic heterocycles. The fraction of sp³-hybridized carbons (Fsp3) is 0.588. The Morgan fingerprint density at radius 1 is 1.14 bits per heavy atom. The van der Waals surface area contributed by atoms with Crippen LogP contribution >= 0.6 is 0 Å². The van der Waals surface area contributed by atoms with E-state index in [1.807, 2.05) is 0 Å². The fourth-order valence-electron chi connectivity index (χ4n) is 2.67. The molecule has 0 spiro atoms. The van der Waals surface area contributed by atoms with Crippen molar-refractivity contribution in [2.45, 2.75) is 19.8 Å². The number of carbonyl (C=O) groups excluding carboxylic acids is 1. The van der Waals surface area contributed by atoms with Gasteiger partial charge in [-0.25, -0.2) is 4.39 Å². The Hall–Kier alpha value is -1.46. The summed E-state index contributed by atoms with van der Waals surface area (Å²) in [7, 11) is 0. The van der Waals surface area contributed by atoms with Gasteiger partial charge in [0.2, 0.25) is 5.91 Å². The first-order chi connectivity index (χ1) is 10.7. The number of amides is 1. The molecule has 1 amide bonds. The van der Waals surface area contributed by atoms with Crippen LogP contribution in [0.3, 0.4) is 0 Å². The number of rotatable bonds is 7. The molecule has 0 aliphatic carbocycles. The van der Waals surface area contributed by atoms with E-state index in [1.54, 1.807) is 12.1 Å². The monoisotopic (exact) mass is 307 g/mol. The zero-order valence-corrected chi connectivity index (χ0v) is 13.4. The number of nitrogens with one attached hydrogen (secondary N) is 1. The van der Waals surface area contributed by atoms with Gasteiger partial charge in [0.25, 0.3) is 0 Å². The maximum absolute atomic E-state index is 12.8. The second kappa shape index (κ2) is 8.86. The Labute approximate surface area is 132 Å². The van der Waals surface area contributed by atoms with Crippen molar-refractivity contribution in [1.29, 1.82) is 0 Å². The third-order valence-electron chi connectivity index (χ3n) is 4.22. The molecule has 0 radical (unpaired) electrons. The topological polar surface area (TPSA) is 35.6 Å². The van der Waals surface area contributed by atoms with Crippen molar-refractivity contribution in [3.05, 3.63) is 35.6 Å². The number of halogens is 1. The lowest BCUT2D eigenvalue weighted by Crippen LogP contribution is -2.47. The highest BCUT2D eigenvalue weighted by molar-refractivity contribution is 5.76. The number of piperazine rings is 1. The van der Waals surface area contributed by atoms with Crippen LogP contribution in [0.25, 0.3) is 0 Å². The number of carbonyl (C=O) groups is 1. The Balaban J connectivity index is 1.57. The predicted molar refractivity (Wildman–Crippen MR) is 86.3 cm³/mol. The van der Waals surface area contributed by atoms with Gasteiger partial charge in [-0.05, 0) is 30.7 Å². The van der Waals surface area contributed by atoms with Gasteiger partial charge in [0.15, 0.2) is 0 Å². The normalized spacial score (nSPS) is 16.6. The van der Waals surface area contributed by atoms with Gasteiger partial charge < -0.3 is 15.1 Å². The molecule has 1 aromatic rings. The highest BCUT2D eigenvalue weighted by Crippen LogP contribution is 2.03. The summed E-state index contributed by atoms with van der Waals surface area (Å²) in [5.41, 5.74) is 1.04. The minimum absolute atomic E-state index is 0.0973. The highest BCUT2D eigenvalue weighted by Gasteiger charge is 2.15. The second-order valence-corrected chi connectivity index (χ2v) is 5.75. The van der Waals surface area contributed by atoms with Crippen LogP contribution in [0.4, 0.5) is 4.39 Å². The summed E-state index contributed by atoms with van der Waals surface area (Å²) in [5.74, 6) is -0.129. The van der Waals surface area contributed by atoms with E-state index >= 15 is 0 Å². The van der Waals surface area contributed by atoms with Crippen molar-refractivity contribution in [2.24, 2.45) is 0 Å². The molecule has 0 atom stereocenters. The largest absolute Gasteiger partial charge is 0.356 e. The van der Waals surface area contributed by atoms with E-state index in [0.29, 0.717) is 13.0 Å². The third-order valence-corrected chi connectivity index (χ3v) is 4.22. The molecular weight excluding hydrogens is 281 g/mol. The summed E-state index contributed by atoms with van der Waals surface area (Å²) in [6.07, 6.45) is 1.29. The molecule has 1 saturated heterocycles. The molecule has 5 heteroatoms. The molecular formula is C17H26FN3O. The van der Waals surface area contributed by atoms with Crippen molar-refractivity contribution in [2.75, 3.05) is 45.8 Å². The minimum atomic E-state index is -0.226. The number of likely N-dealkylation sites (N-methyl/N-ethyl adjacent to an activating group) is 1. The summed E-state index contributed by atoms with van der Waals surface area (Å²) in [6, 6.07) is 6.42. The van der Waals surface area contributed by atoms with Crippen molar-refractivity contribution < 1.29 is 9.18 Å². The molecule has 1 heterocycles. The van der Waals surface area contributed by atoms with Crippen molar-refractivity contribution in [1.82, 2.24) is 15.1 Å². The van der Waals surface area contributed by atoms with E-state index < -0.39 is 0 Å². The molecule has 122 valence electrons. The molecule has 1 aromatic carbocycles. The van der Waals surface area contributed by atoms with Gasteiger partial charge in [-0.1, -0.05) is 19.1 Å². The van der Waals surface area contributed by atoms with E-state index in [9.17, 15) is 9.18 Å². The molecule has 0 unspecified atom stereocenters. The third kappa shape index (κ3) is 5.73. The average molecular weight is 307 g/mol. The Kier molecular flexibility index (Phi) is 6.80. The molecule has 1 fully saturated rings. The minimum Gasteiger partial charge on any atom is -0.356 e. The molecule has 1 aliphatic rings. The van der Waals surface area contributed by atoms with E-state index in [2.05, 4.69) is 22.0 Å². The van der Waals surface area contributed by atoms with Crippen molar-refractivity contribution in [3.63, 3.8) is 0 Å². The van der Waals surface area contributed by atoms with E-state index in [-0.39, 0.29) is 11.7 Å².